The van der Waals surface area contributed by atoms with E-state index in [0.29, 0.717) is 11.3 Å². The summed E-state index contributed by atoms with van der Waals surface area (Å²) in [5.41, 5.74) is 1.16. The number of aryl methyl sites for hydroxylation is 2. The number of sulfonamides is 1. The molecule has 1 aromatic carbocycles. The number of rotatable bonds is 6. The summed E-state index contributed by atoms with van der Waals surface area (Å²) in [7, 11) is 1.42. The fourth-order valence-corrected chi connectivity index (χ4v) is 4.64. The number of imidazole rings is 1. The largest absolute Gasteiger partial charge is 0.337 e. The molecule has 8 nitrogen and oxygen atoms in total. The van der Waals surface area contributed by atoms with Gasteiger partial charge in [0.25, 0.3) is 0 Å². The van der Waals surface area contributed by atoms with Crippen LogP contribution < -0.4 is 5.32 Å². The van der Waals surface area contributed by atoms with Gasteiger partial charge in [0.05, 0.1) is 11.4 Å². The number of piperidine rings is 1. The summed E-state index contributed by atoms with van der Waals surface area (Å²) in [6.45, 7) is 4.19. The number of carbonyl (C=O) groups is 1. The molecule has 1 aliphatic heterocycles. The first-order chi connectivity index (χ1) is 13.7. The van der Waals surface area contributed by atoms with Crippen LogP contribution in [0.25, 0.3) is 0 Å². The Morgan fingerprint density at radius 2 is 1.97 bits per heavy atom. The molecule has 0 aliphatic carbocycles. The quantitative estimate of drug-likeness (QED) is 0.772. The predicted molar refractivity (Wildman–Crippen MR) is 112 cm³/mol. The standard InChI is InChI=1S/C20H29N5O3S/c1-15-5-6-17(13-18(15)29(27,28)23(2)3)22-20(26)16-7-10-25(11-8-16)14-19-21-9-12-24(19)4/h5-6,9,12-13,16H,7-8,10-11,14H2,1-4H3,(H,22,26). The number of nitrogens with zero attached hydrogens (tertiary/aromatic N) is 4. The molecule has 158 valence electrons. The fourth-order valence-electron chi connectivity index (χ4n) is 3.50. The van der Waals surface area contributed by atoms with Crippen LogP contribution in [-0.4, -0.2) is 60.3 Å². The molecule has 0 bridgehead atoms. The Kier molecular flexibility index (Phi) is 6.40. The third-order valence-corrected chi connectivity index (χ3v) is 7.42. The highest BCUT2D eigenvalue weighted by molar-refractivity contribution is 7.89. The summed E-state index contributed by atoms with van der Waals surface area (Å²) in [6.07, 6.45) is 5.26. The van der Waals surface area contributed by atoms with Crippen LogP contribution in [-0.2, 0) is 28.4 Å². The molecular formula is C20H29N5O3S. The lowest BCUT2D eigenvalue weighted by Gasteiger charge is -2.31. The summed E-state index contributed by atoms with van der Waals surface area (Å²) >= 11 is 0. The van der Waals surface area contributed by atoms with Crippen molar-refractivity contribution in [3.05, 3.63) is 42.0 Å². The monoisotopic (exact) mass is 419 g/mol. The molecular weight excluding hydrogens is 390 g/mol. The number of carbonyl (C=O) groups excluding carboxylic acids is 1. The summed E-state index contributed by atoms with van der Waals surface area (Å²) in [6, 6.07) is 5.01. The lowest BCUT2D eigenvalue weighted by molar-refractivity contribution is -0.121. The van der Waals surface area contributed by atoms with Gasteiger partial charge in [-0.2, -0.15) is 0 Å². The van der Waals surface area contributed by atoms with Gasteiger partial charge in [-0.05, 0) is 50.6 Å². The molecule has 0 saturated carbocycles. The Balaban J connectivity index is 1.61. The molecule has 0 spiro atoms. The van der Waals surface area contributed by atoms with Crippen LogP contribution in [0.4, 0.5) is 5.69 Å². The van der Waals surface area contributed by atoms with E-state index in [0.717, 1.165) is 38.3 Å². The minimum Gasteiger partial charge on any atom is -0.337 e. The molecule has 1 aromatic heterocycles. The summed E-state index contributed by atoms with van der Waals surface area (Å²) in [5, 5.41) is 2.90. The maximum Gasteiger partial charge on any atom is 0.242 e. The van der Waals surface area contributed by atoms with Gasteiger partial charge in [-0.3, -0.25) is 9.69 Å². The number of anilines is 1. The van der Waals surface area contributed by atoms with E-state index in [9.17, 15) is 13.2 Å². The first-order valence-electron chi connectivity index (χ1n) is 9.71. The van der Waals surface area contributed by atoms with Gasteiger partial charge >= 0.3 is 0 Å². The van der Waals surface area contributed by atoms with Gasteiger partial charge in [-0.1, -0.05) is 6.07 Å². The predicted octanol–water partition coefficient (Wildman–Crippen LogP) is 1.83. The normalized spacial score (nSPS) is 16.3. The number of benzene rings is 1. The minimum atomic E-state index is -3.56. The SMILES string of the molecule is Cc1ccc(NC(=O)C2CCN(Cc3nccn3C)CC2)cc1S(=O)(=O)N(C)C. The minimum absolute atomic E-state index is 0.0568. The highest BCUT2D eigenvalue weighted by Gasteiger charge is 2.26. The Morgan fingerprint density at radius 3 is 2.55 bits per heavy atom. The van der Waals surface area contributed by atoms with Crippen molar-refractivity contribution in [3.63, 3.8) is 0 Å². The number of nitrogens with one attached hydrogen (secondary N) is 1. The van der Waals surface area contributed by atoms with Gasteiger partial charge in [-0.15, -0.1) is 0 Å². The van der Waals surface area contributed by atoms with Crippen molar-refractivity contribution in [1.29, 1.82) is 0 Å². The first kappa shape index (κ1) is 21.5. The Bertz CT molecular complexity index is 976. The summed E-state index contributed by atoms with van der Waals surface area (Å²) in [4.78, 5) is 19.6. The van der Waals surface area contributed by atoms with Crippen molar-refractivity contribution < 1.29 is 13.2 Å². The van der Waals surface area contributed by atoms with E-state index in [1.807, 2.05) is 17.8 Å². The van der Waals surface area contributed by atoms with Crippen LogP contribution in [0.2, 0.25) is 0 Å². The smallest absolute Gasteiger partial charge is 0.242 e. The molecule has 2 heterocycles. The van der Waals surface area contributed by atoms with Gasteiger partial charge in [0.2, 0.25) is 15.9 Å². The van der Waals surface area contributed by atoms with Crippen LogP contribution >= 0.6 is 0 Å². The van der Waals surface area contributed by atoms with E-state index in [2.05, 4.69) is 15.2 Å². The number of hydrogen-bond acceptors (Lipinski definition) is 5. The molecule has 9 heteroatoms. The van der Waals surface area contributed by atoms with Crippen molar-refractivity contribution in [3.8, 4) is 0 Å². The van der Waals surface area contributed by atoms with Gasteiger partial charge < -0.3 is 9.88 Å². The highest BCUT2D eigenvalue weighted by atomic mass is 32.2. The molecule has 1 fully saturated rings. The van der Waals surface area contributed by atoms with Crippen LogP contribution in [0, 0.1) is 12.8 Å². The average molecular weight is 420 g/mol. The Hall–Kier alpha value is -2.23. The summed E-state index contributed by atoms with van der Waals surface area (Å²) < 4.78 is 28.2. The fraction of sp³-hybridized carbons (Fsp3) is 0.500. The topological polar surface area (TPSA) is 87.5 Å². The molecule has 0 radical (unpaired) electrons. The van der Waals surface area contributed by atoms with Crippen molar-refractivity contribution in [1.82, 2.24) is 18.8 Å². The maximum atomic E-state index is 12.7. The highest BCUT2D eigenvalue weighted by Crippen LogP contribution is 2.24. The average Bonchev–Trinajstić information content (AvgIpc) is 3.08. The zero-order valence-corrected chi connectivity index (χ0v) is 18.2. The van der Waals surface area contributed by atoms with Crippen molar-refractivity contribution in [2.45, 2.75) is 31.2 Å². The lowest BCUT2D eigenvalue weighted by atomic mass is 9.95. The van der Waals surface area contributed by atoms with Gasteiger partial charge in [0.1, 0.15) is 5.82 Å². The summed E-state index contributed by atoms with van der Waals surface area (Å²) in [5.74, 6) is 0.878. The first-order valence-corrected chi connectivity index (χ1v) is 11.1. The van der Waals surface area contributed by atoms with Gasteiger partial charge in [0.15, 0.2) is 0 Å². The number of aromatic nitrogens is 2. The third kappa shape index (κ3) is 4.85. The molecule has 1 amide bonds. The van der Waals surface area contributed by atoms with E-state index in [4.69, 9.17) is 0 Å². The van der Waals surface area contributed by atoms with Crippen molar-refractivity contribution in [2.24, 2.45) is 13.0 Å². The number of hydrogen-bond donors (Lipinski definition) is 1. The van der Waals surface area contributed by atoms with E-state index in [1.165, 1.54) is 18.4 Å². The van der Waals surface area contributed by atoms with Gasteiger partial charge in [-0.25, -0.2) is 17.7 Å². The molecule has 1 saturated heterocycles. The molecule has 1 aliphatic rings. The second-order valence-electron chi connectivity index (χ2n) is 7.76. The molecule has 29 heavy (non-hydrogen) atoms. The van der Waals surface area contributed by atoms with E-state index >= 15 is 0 Å². The molecule has 3 rings (SSSR count). The third-order valence-electron chi connectivity index (χ3n) is 5.46. The number of likely N-dealkylation sites (tertiary alicyclic amines) is 1. The maximum absolute atomic E-state index is 12.7. The van der Waals surface area contributed by atoms with Crippen LogP contribution in [0.1, 0.15) is 24.2 Å². The van der Waals surface area contributed by atoms with Crippen LogP contribution in [0.15, 0.2) is 35.5 Å². The second-order valence-corrected chi connectivity index (χ2v) is 9.88. The zero-order chi connectivity index (χ0) is 21.2. The second kappa shape index (κ2) is 8.64. The Labute approximate surface area is 172 Å². The number of amides is 1. The van der Waals surface area contributed by atoms with Gasteiger partial charge in [0, 0.05) is 45.1 Å². The zero-order valence-electron chi connectivity index (χ0n) is 17.4. The molecule has 2 aromatic rings. The molecule has 0 atom stereocenters. The Morgan fingerprint density at radius 1 is 1.28 bits per heavy atom. The molecule has 1 N–H and O–H groups in total. The van der Waals surface area contributed by atoms with Crippen molar-refractivity contribution >= 4 is 21.6 Å². The lowest BCUT2D eigenvalue weighted by Crippen LogP contribution is -2.38. The molecule has 0 unspecified atom stereocenters. The van der Waals surface area contributed by atoms with E-state index in [1.54, 1.807) is 31.3 Å². The van der Waals surface area contributed by atoms with E-state index < -0.39 is 10.0 Å². The van der Waals surface area contributed by atoms with Crippen molar-refractivity contribution in [2.75, 3.05) is 32.5 Å². The van der Waals surface area contributed by atoms with E-state index in [-0.39, 0.29) is 16.7 Å². The van der Waals surface area contributed by atoms with Crippen LogP contribution in [0.3, 0.4) is 0 Å². The van der Waals surface area contributed by atoms with Crippen LogP contribution in [0.5, 0.6) is 0 Å².